The van der Waals surface area contributed by atoms with Gasteiger partial charge in [-0.15, -0.1) is 0 Å². The molecule has 6 rings (SSSR count). The van der Waals surface area contributed by atoms with E-state index in [4.69, 9.17) is 26.2 Å². The lowest BCUT2D eigenvalue weighted by Gasteiger charge is -2.27. The Hall–Kier alpha value is -4.78. The molecule has 2 fully saturated rings. The van der Waals surface area contributed by atoms with Gasteiger partial charge in [-0.3, -0.25) is 0 Å². The Morgan fingerprint density at radius 1 is 0.578 bits per heavy atom. The smallest absolute Gasteiger partial charge is 0.196 e. The third kappa shape index (κ3) is 8.66. The van der Waals surface area contributed by atoms with E-state index >= 15 is 0 Å². The van der Waals surface area contributed by atoms with Crippen molar-refractivity contribution in [1.29, 1.82) is 0 Å². The van der Waals surface area contributed by atoms with Crippen LogP contribution in [-0.2, 0) is 0 Å². The van der Waals surface area contributed by atoms with Gasteiger partial charge in [-0.1, -0.05) is 78.4 Å². The van der Waals surface area contributed by atoms with Crippen molar-refractivity contribution in [2.24, 2.45) is 21.5 Å². The molecule has 4 aromatic carbocycles. The van der Waals surface area contributed by atoms with E-state index in [1.807, 2.05) is 54.6 Å². The van der Waals surface area contributed by atoms with E-state index in [1.165, 1.54) is 49.7 Å². The maximum atomic E-state index is 6.24. The van der Waals surface area contributed by atoms with Crippen LogP contribution in [0.2, 0.25) is 0 Å². The zero-order valence-electron chi connectivity index (χ0n) is 26.7. The van der Waals surface area contributed by atoms with Crippen LogP contribution in [0.25, 0.3) is 22.3 Å². The number of methoxy groups -OCH3 is 1. The molecule has 0 unspecified atom stereocenters. The van der Waals surface area contributed by atoms with Crippen LogP contribution in [0, 0.1) is 6.92 Å². The molecule has 2 aliphatic heterocycles. The van der Waals surface area contributed by atoms with Gasteiger partial charge in [0, 0.05) is 37.3 Å². The van der Waals surface area contributed by atoms with E-state index in [2.05, 4.69) is 59.2 Å². The van der Waals surface area contributed by atoms with Crippen molar-refractivity contribution < 1.29 is 4.74 Å². The molecular formula is C38H46N6O. The van der Waals surface area contributed by atoms with Crippen molar-refractivity contribution in [3.8, 4) is 28.0 Å². The standard InChI is InChI=1S/C19H23N3O.C19H23N3/c1-23-16-10-11-18(17(14-16)15-8-4-2-5-9-15)21-19(20)22-12-6-3-7-13-22;1-15-8-7-9-16(14-15)17-10-3-4-11-18(17)21-19(20)22-12-5-2-6-13-22/h2,4-5,8-11,14H,3,6-7,12-13H2,1H3,(H2,20,21);3-4,7-11,14H,2,5-6,12-13H2,1H3,(H2,20,21). The molecule has 0 aliphatic carbocycles. The topological polar surface area (TPSA) is 92.5 Å². The summed E-state index contributed by atoms with van der Waals surface area (Å²) in [5, 5.41) is 0. The summed E-state index contributed by atoms with van der Waals surface area (Å²) < 4.78 is 5.36. The number of rotatable bonds is 5. The summed E-state index contributed by atoms with van der Waals surface area (Å²) in [5.41, 5.74) is 20.0. The number of para-hydroxylation sites is 1. The second-order valence-electron chi connectivity index (χ2n) is 11.7. The van der Waals surface area contributed by atoms with E-state index in [9.17, 15) is 0 Å². The number of hydrogen-bond acceptors (Lipinski definition) is 3. The third-order valence-electron chi connectivity index (χ3n) is 8.35. The number of benzene rings is 4. The lowest BCUT2D eigenvalue weighted by atomic mass is 10.0. The minimum absolute atomic E-state index is 0.604. The van der Waals surface area contributed by atoms with E-state index in [-0.39, 0.29) is 0 Å². The van der Waals surface area contributed by atoms with E-state index in [0.717, 1.165) is 60.0 Å². The first kappa shape index (κ1) is 31.6. The minimum Gasteiger partial charge on any atom is -0.497 e. The molecule has 2 heterocycles. The Morgan fingerprint density at radius 3 is 1.73 bits per heavy atom. The number of ether oxygens (including phenoxy) is 1. The molecule has 7 heteroatoms. The number of piperidine rings is 2. The molecule has 4 aromatic rings. The maximum Gasteiger partial charge on any atom is 0.196 e. The largest absolute Gasteiger partial charge is 0.497 e. The summed E-state index contributed by atoms with van der Waals surface area (Å²) in [7, 11) is 1.68. The summed E-state index contributed by atoms with van der Waals surface area (Å²) in [6.07, 6.45) is 7.35. The molecule has 0 radical (unpaired) electrons. The van der Waals surface area contributed by atoms with Crippen molar-refractivity contribution in [1.82, 2.24) is 9.80 Å². The predicted molar refractivity (Wildman–Crippen MR) is 188 cm³/mol. The van der Waals surface area contributed by atoms with Crippen LogP contribution in [-0.4, -0.2) is 55.0 Å². The molecule has 0 bridgehead atoms. The molecule has 2 aliphatic rings. The summed E-state index contributed by atoms with van der Waals surface area (Å²) in [6.45, 7) is 6.12. The number of guanidine groups is 2. The van der Waals surface area contributed by atoms with Gasteiger partial charge in [-0.2, -0.15) is 0 Å². The van der Waals surface area contributed by atoms with Gasteiger partial charge in [0.1, 0.15) is 5.75 Å². The second kappa shape index (κ2) is 15.8. The number of hydrogen-bond donors (Lipinski definition) is 2. The van der Waals surface area contributed by atoms with Gasteiger partial charge in [0.2, 0.25) is 0 Å². The van der Waals surface area contributed by atoms with Crippen molar-refractivity contribution in [2.45, 2.75) is 45.4 Å². The first-order chi connectivity index (χ1) is 22.0. The molecule has 0 atom stereocenters. The molecule has 2 saturated heterocycles. The van der Waals surface area contributed by atoms with Gasteiger partial charge in [-0.05, 0) is 80.8 Å². The van der Waals surface area contributed by atoms with Crippen LogP contribution in [0.15, 0.2) is 107 Å². The lowest BCUT2D eigenvalue weighted by molar-refractivity contribution is 0.339. The highest BCUT2D eigenvalue weighted by atomic mass is 16.5. The fourth-order valence-electron chi connectivity index (χ4n) is 5.85. The summed E-state index contributed by atoms with van der Waals surface area (Å²) in [6, 6.07) is 32.8. The van der Waals surface area contributed by atoms with Crippen molar-refractivity contribution in [2.75, 3.05) is 33.3 Å². The number of likely N-dealkylation sites (tertiary alicyclic amines) is 2. The average Bonchev–Trinajstić information content (AvgIpc) is 3.10. The number of aliphatic imine (C=N–C) groups is 2. The number of aryl methyl sites for hydroxylation is 1. The third-order valence-corrected chi connectivity index (χ3v) is 8.35. The fraction of sp³-hybridized carbons (Fsp3) is 0.316. The Morgan fingerprint density at radius 2 is 1.13 bits per heavy atom. The molecule has 0 aromatic heterocycles. The monoisotopic (exact) mass is 602 g/mol. The normalized spacial score (nSPS) is 15.7. The van der Waals surface area contributed by atoms with Gasteiger partial charge in [0.25, 0.3) is 0 Å². The van der Waals surface area contributed by atoms with E-state index in [0.29, 0.717) is 11.9 Å². The summed E-state index contributed by atoms with van der Waals surface area (Å²) in [5.74, 6) is 2.06. The van der Waals surface area contributed by atoms with Crippen LogP contribution in [0.5, 0.6) is 5.75 Å². The highest BCUT2D eigenvalue weighted by molar-refractivity contribution is 5.87. The zero-order valence-corrected chi connectivity index (χ0v) is 26.7. The molecule has 45 heavy (non-hydrogen) atoms. The molecular weight excluding hydrogens is 556 g/mol. The molecule has 0 spiro atoms. The predicted octanol–water partition coefficient (Wildman–Crippen LogP) is 7.89. The van der Waals surface area contributed by atoms with Gasteiger partial charge in [0.05, 0.1) is 18.5 Å². The Labute approximate surface area is 268 Å². The maximum absolute atomic E-state index is 6.24. The van der Waals surface area contributed by atoms with Gasteiger partial charge in [0.15, 0.2) is 11.9 Å². The Kier molecular flexibility index (Phi) is 11.1. The van der Waals surface area contributed by atoms with Crippen LogP contribution in [0.3, 0.4) is 0 Å². The number of nitrogens with zero attached hydrogens (tertiary/aromatic N) is 4. The zero-order chi connectivity index (χ0) is 31.4. The number of nitrogens with two attached hydrogens (primary N) is 2. The van der Waals surface area contributed by atoms with Crippen molar-refractivity contribution >= 4 is 23.3 Å². The van der Waals surface area contributed by atoms with Gasteiger partial charge in [-0.25, -0.2) is 9.98 Å². The molecule has 0 amide bonds. The Bertz CT molecular complexity index is 1590. The SMILES string of the molecule is COc1ccc(N=C(N)N2CCCCC2)c(-c2ccccc2)c1.Cc1cccc(-c2ccccc2N=C(N)N2CCCCC2)c1. The average molecular weight is 603 g/mol. The van der Waals surface area contributed by atoms with Crippen LogP contribution in [0.4, 0.5) is 11.4 Å². The molecule has 7 nitrogen and oxygen atoms in total. The lowest BCUT2D eigenvalue weighted by Crippen LogP contribution is -2.40. The summed E-state index contributed by atoms with van der Waals surface area (Å²) >= 11 is 0. The van der Waals surface area contributed by atoms with Gasteiger partial charge >= 0.3 is 0 Å². The first-order valence-electron chi connectivity index (χ1n) is 16.1. The fourth-order valence-corrected chi connectivity index (χ4v) is 5.85. The van der Waals surface area contributed by atoms with Crippen molar-refractivity contribution in [3.05, 3.63) is 103 Å². The van der Waals surface area contributed by atoms with Crippen LogP contribution in [0.1, 0.15) is 44.1 Å². The highest BCUT2D eigenvalue weighted by Gasteiger charge is 2.15. The first-order valence-corrected chi connectivity index (χ1v) is 16.1. The molecule has 4 N–H and O–H groups in total. The summed E-state index contributed by atoms with van der Waals surface area (Å²) in [4.78, 5) is 13.8. The quantitative estimate of drug-likeness (QED) is 0.179. The Balaban J connectivity index is 0.000000178. The van der Waals surface area contributed by atoms with Crippen LogP contribution >= 0.6 is 0 Å². The van der Waals surface area contributed by atoms with E-state index < -0.39 is 0 Å². The minimum atomic E-state index is 0.604. The van der Waals surface area contributed by atoms with Crippen molar-refractivity contribution in [3.63, 3.8) is 0 Å². The van der Waals surface area contributed by atoms with E-state index in [1.54, 1.807) is 7.11 Å². The van der Waals surface area contributed by atoms with Crippen LogP contribution < -0.4 is 16.2 Å². The molecule has 234 valence electrons. The molecule has 0 saturated carbocycles. The van der Waals surface area contributed by atoms with Gasteiger partial charge < -0.3 is 26.0 Å². The highest BCUT2D eigenvalue weighted by Crippen LogP contribution is 2.34. The second-order valence-corrected chi connectivity index (χ2v) is 11.7.